The van der Waals surface area contributed by atoms with Crippen LogP contribution in [0.1, 0.15) is 110 Å². The number of nitrogens with one attached hydrogen (secondary N) is 5. The molecule has 2 amide bonds. The topological polar surface area (TPSA) is 213 Å². The summed E-state index contributed by atoms with van der Waals surface area (Å²) in [6.07, 6.45) is 12.3. The van der Waals surface area contributed by atoms with Gasteiger partial charge in [0.15, 0.2) is 5.03 Å². The molecule has 7 N–H and O–H groups in total. The molecule has 1 saturated carbocycles. The van der Waals surface area contributed by atoms with Crippen LogP contribution < -0.4 is 21.4 Å². The third-order valence-corrected chi connectivity index (χ3v) is 7.58. The lowest BCUT2D eigenvalue weighted by molar-refractivity contribution is -0.525. The maximum atomic E-state index is 13.6. The molecule has 14 heteroatoms. The molecule has 1 rings (SSSR count). The Morgan fingerprint density at radius 3 is 2.24 bits per heavy atom. The van der Waals surface area contributed by atoms with Gasteiger partial charge in [-0.2, -0.15) is 5.26 Å². The monoisotopic (exact) mass is 579 g/mol. The third-order valence-electron chi connectivity index (χ3n) is 7.58. The van der Waals surface area contributed by atoms with E-state index < -0.39 is 36.0 Å². The zero-order chi connectivity index (χ0) is 30.6. The number of carbonyl (C=O) groups excluding carboxylic acids is 2. The van der Waals surface area contributed by atoms with Gasteiger partial charge in [0.2, 0.25) is 11.8 Å². The molecule has 1 aliphatic carbocycles. The van der Waals surface area contributed by atoms with Crippen molar-refractivity contribution in [3.05, 3.63) is 10.1 Å². The summed E-state index contributed by atoms with van der Waals surface area (Å²) < 4.78 is 0. The molecule has 0 aromatic heterocycles. The van der Waals surface area contributed by atoms with E-state index in [0.29, 0.717) is 19.3 Å². The van der Waals surface area contributed by atoms with Gasteiger partial charge < -0.3 is 26.0 Å². The first-order valence-electron chi connectivity index (χ1n) is 15.1. The molecule has 1 unspecified atom stereocenters. The van der Waals surface area contributed by atoms with E-state index in [1.165, 1.54) is 0 Å². The maximum Gasteiger partial charge on any atom is 0.475 e. The molecule has 0 spiro atoms. The van der Waals surface area contributed by atoms with E-state index in [2.05, 4.69) is 22.0 Å². The number of nitro groups is 1. The Morgan fingerprint density at radius 2 is 1.66 bits per heavy atom. The minimum Gasteiger partial charge on any atom is -0.426 e. The number of unbranched alkanes of at least 4 members (excludes halogenated alkanes) is 6. The van der Waals surface area contributed by atoms with E-state index in [0.717, 1.165) is 70.6 Å². The molecule has 41 heavy (non-hydrogen) atoms. The van der Waals surface area contributed by atoms with Crippen LogP contribution in [-0.2, 0) is 9.59 Å². The lowest BCUT2D eigenvalue weighted by atomic mass is 9.75. The molecule has 1 aliphatic rings. The van der Waals surface area contributed by atoms with Crippen molar-refractivity contribution in [2.45, 2.75) is 122 Å². The van der Waals surface area contributed by atoms with Gasteiger partial charge in [-0.1, -0.05) is 64.2 Å². The van der Waals surface area contributed by atoms with Crippen LogP contribution in [0.5, 0.6) is 0 Å². The number of nitrogens with zero attached hydrogens (tertiary/aromatic N) is 2. The Kier molecular flexibility index (Phi) is 18.4. The van der Waals surface area contributed by atoms with E-state index in [1.54, 1.807) is 5.43 Å². The zero-order valence-corrected chi connectivity index (χ0v) is 24.7. The molecule has 13 nitrogen and oxygen atoms in total. The van der Waals surface area contributed by atoms with E-state index >= 15 is 0 Å². The van der Waals surface area contributed by atoms with Gasteiger partial charge in [0.25, 0.3) is 5.96 Å². The van der Waals surface area contributed by atoms with Gasteiger partial charge in [-0.25, -0.2) is 10.1 Å². The summed E-state index contributed by atoms with van der Waals surface area (Å²) in [6, 6.07) is 1.23. The fourth-order valence-corrected chi connectivity index (χ4v) is 5.46. The lowest BCUT2D eigenvalue weighted by Crippen LogP contribution is -2.55. The van der Waals surface area contributed by atoms with Gasteiger partial charge in [0.1, 0.15) is 6.04 Å². The van der Waals surface area contributed by atoms with Crippen molar-refractivity contribution in [1.82, 2.24) is 21.4 Å². The minimum atomic E-state index is -1.75. The van der Waals surface area contributed by atoms with E-state index in [9.17, 15) is 29.8 Å². The van der Waals surface area contributed by atoms with Gasteiger partial charge in [-0.15, -0.1) is 0 Å². The molecule has 0 saturated heterocycles. The van der Waals surface area contributed by atoms with Gasteiger partial charge in [-0.05, 0) is 56.8 Å². The van der Waals surface area contributed by atoms with Crippen LogP contribution in [0.15, 0.2) is 0 Å². The first-order valence-corrected chi connectivity index (χ1v) is 15.1. The summed E-state index contributed by atoms with van der Waals surface area (Å²) in [5.41, 5.74) is 1.71. The molecule has 0 bridgehead atoms. The zero-order valence-electron chi connectivity index (χ0n) is 24.7. The van der Waals surface area contributed by atoms with Crippen molar-refractivity contribution in [3.8, 4) is 6.07 Å². The molecule has 0 aromatic carbocycles. The maximum absolute atomic E-state index is 13.6. The Balaban J connectivity index is 2.84. The SMILES string of the molecule is CC(C)C[C@H](NC(=O)[C@H](CCCNC(=N)N[N+](=O)[O-])NC(=O)C(CCCCCCCCC#N)C1CCCC1)B(O)O. The first-order chi connectivity index (χ1) is 19.5. The van der Waals surface area contributed by atoms with Crippen molar-refractivity contribution in [3.63, 3.8) is 0 Å². The fraction of sp³-hybridized carbons (Fsp3) is 0.852. The number of amides is 2. The van der Waals surface area contributed by atoms with E-state index in [1.807, 2.05) is 13.8 Å². The number of guanidine groups is 1. The third kappa shape index (κ3) is 16.2. The fourth-order valence-electron chi connectivity index (χ4n) is 5.46. The predicted octanol–water partition coefficient (Wildman–Crippen LogP) is 2.55. The van der Waals surface area contributed by atoms with Gasteiger partial charge in [0, 0.05) is 18.9 Å². The second kappa shape index (κ2) is 20.9. The van der Waals surface area contributed by atoms with Gasteiger partial charge in [0.05, 0.1) is 12.0 Å². The van der Waals surface area contributed by atoms with E-state index in [4.69, 9.17) is 10.7 Å². The number of hydrazine groups is 1. The van der Waals surface area contributed by atoms with Crippen LogP contribution in [0.25, 0.3) is 0 Å². The molecule has 0 heterocycles. The van der Waals surface area contributed by atoms with Crippen LogP contribution in [0.4, 0.5) is 0 Å². The summed E-state index contributed by atoms with van der Waals surface area (Å²) in [4.78, 5) is 37.3. The van der Waals surface area contributed by atoms with Crippen molar-refractivity contribution < 1.29 is 24.7 Å². The second-order valence-electron chi connectivity index (χ2n) is 11.5. The molecule has 0 aromatic rings. The van der Waals surface area contributed by atoms with Crippen LogP contribution in [0.2, 0.25) is 0 Å². The van der Waals surface area contributed by atoms with Gasteiger partial charge in [-0.3, -0.25) is 15.0 Å². The molecule has 3 atom stereocenters. The van der Waals surface area contributed by atoms with Crippen LogP contribution in [0.3, 0.4) is 0 Å². The van der Waals surface area contributed by atoms with Gasteiger partial charge >= 0.3 is 7.12 Å². The Bertz CT molecular complexity index is 849. The Labute approximate surface area is 244 Å². The molecule has 232 valence electrons. The number of hydrogen-bond donors (Lipinski definition) is 7. The number of rotatable bonds is 21. The minimum absolute atomic E-state index is 0.0949. The van der Waals surface area contributed by atoms with Crippen molar-refractivity contribution in [1.29, 1.82) is 10.7 Å². The van der Waals surface area contributed by atoms with Crippen molar-refractivity contribution in [2.75, 3.05) is 6.54 Å². The Hall–Kier alpha value is -2.92. The van der Waals surface area contributed by atoms with Crippen LogP contribution in [0, 0.1) is 44.6 Å². The average Bonchev–Trinajstić information content (AvgIpc) is 3.42. The first kappa shape index (κ1) is 36.1. The number of nitriles is 1. The van der Waals surface area contributed by atoms with Crippen LogP contribution in [-0.4, -0.2) is 58.5 Å². The largest absolute Gasteiger partial charge is 0.475 e. The van der Waals surface area contributed by atoms with Crippen molar-refractivity contribution in [2.24, 2.45) is 17.8 Å². The lowest BCUT2D eigenvalue weighted by Gasteiger charge is -2.28. The van der Waals surface area contributed by atoms with E-state index in [-0.39, 0.29) is 36.6 Å². The molecule has 1 fully saturated rings. The standard InChI is InChI=1S/C27H50BN7O6/c1-20(2)19-24(28(38)39)33-26(37)23(16-12-18-31-27(30)34-35(40)41)32-25(36)22(21-13-9-10-14-21)15-8-6-4-3-5-7-11-17-29/h20-24,38-39H,3-16,18-19H2,1-2H3,(H,32,36)(H,33,37)(H3,30,31,34)/t22?,23-,24-/m0/s1. The molecule has 0 radical (unpaired) electrons. The average molecular weight is 580 g/mol. The van der Waals surface area contributed by atoms with Crippen LogP contribution >= 0.6 is 0 Å². The number of hydrogen-bond acceptors (Lipinski definition) is 8. The highest BCUT2D eigenvalue weighted by Crippen LogP contribution is 2.34. The summed E-state index contributed by atoms with van der Waals surface area (Å²) in [7, 11) is -1.75. The highest BCUT2D eigenvalue weighted by atomic mass is 16.7. The quantitative estimate of drug-likeness (QED) is 0.0265. The predicted molar refractivity (Wildman–Crippen MR) is 157 cm³/mol. The Morgan fingerprint density at radius 1 is 1.02 bits per heavy atom. The van der Waals surface area contributed by atoms with Crippen molar-refractivity contribution >= 4 is 24.9 Å². The summed E-state index contributed by atoms with van der Waals surface area (Å²) in [5.74, 6) is -1.92. The normalized spacial score (nSPS) is 15.4. The molecule has 0 aliphatic heterocycles. The highest BCUT2D eigenvalue weighted by molar-refractivity contribution is 6.43. The molecular weight excluding hydrogens is 529 g/mol. The highest BCUT2D eigenvalue weighted by Gasteiger charge is 2.34. The number of carbonyl (C=O) groups is 2. The summed E-state index contributed by atoms with van der Waals surface area (Å²) >= 11 is 0. The smallest absolute Gasteiger partial charge is 0.426 e. The summed E-state index contributed by atoms with van der Waals surface area (Å²) in [5, 5.41) is 53.6. The molecular formula is C27H50BN7O6. The summed E-state index contributed by atoms with van der Waals surface area (Å²) in [6.45, 7) is 3.97. The second-order valence-corrected chi connectivity index (χ2v) is 11.5.